The monoisotopic (exact) mass is 436 g/mol. The molecular weight excluding hydrogens is 408 g/mol. The number of fused-ring (bicyclic) bond motifs is 1. The Morgan fingerprint density at radius 3 is 2.88 bits per heavy atom. The number of carbonyl (C=O) groups excluding carboxylic acids is 1. The predicted molar refractivity (Wildman–Crippen MR) is 121 cm³/mol. The van der Waals surface area contributed by atoms with E-state index in [-0.39, 0.29) is 17.8 Å². The number of aromatic amines is 1. The number of H-pyrrole nitrogens is 1. The molecule has 8 nitrogen and oxygen atoms in total. The van der Waals surface area contributed by atoms with Gasteiger partial charge in [0, 0.05) is 31.2 Å². The summed E-state index contributed by atoms with van der Waals surface area (Å²) < 4.78 is 12.9. The molecule has 1 amide bonds. The molecular formula is C24H28N4O4. The molecule has 168 valence electrons. The number of aromatic nitrogens is 2. The van der Waals surface area contributed by atoms with Crippen molar-refractivity contribution >= 4 is 22.8 Å². The highest BCUT2D eigenvalue weighted by Crippen LogP contribution is 2.22. The summed E-state index contributed by atoms with van der Waals surface area (Å²) in [7, 11) is 0. The molecule has 1 fully saturated rings. The zero-order chi connectivity index (χ0) is 21.9. The minimum Gasteiger partial charge on any atom is -0.468 e. The van der Waals surface area contributed by atoms with E-state index in [1.165, 1.54) is 0 Å². The van der Waals surface area contributed by atoms with E-state index in [0.29, 0.717) is 26.1 Å². The second-order valence-electron chi connectivity index (χ2n) is 8.45. The van der Waals surface area contributed by atoms with Crippen LogP contribution < -0.4 is 5.69 Å². The number of hydrogen-bond acceptors (Lipinski definition) is 5. The molecule has 1 atom stereocenters. The summed E-state index contributed by atoms with van der Waals surface area (Å²) >= 11 is 0. The van der Waals surface area contributed by atoms with Crippen molar-refractivity contribution in [1.29, 1.82) is 0 Å². The lowest BCUT2D eigenvalue weighted by atomic mass is 10.0. The Bertz CT molecular complexity index is 1160. The van der Waals surface area contributed by atoms with Gasteiger partial charge in [0.15, 0.2) is 0 Å². The lowest BCUT2D eigenvalue weighted by Crippen LogP contribution is -2.44. The molecule has 0 radical (unpaired) electrons. The summed E-state index contributed by atoms with van der Waals surface area (Å²) in [5.41, 5.74) is 2.43. The van der Waals surface area contributed by atoms with Crippen LogP contribution in [0.25, 0.3) is 16.7 Å². The normalized spacial score (nSPS) is 19.8. The van der Waals surface area contributed by atoms with Crippen molar-refractivity contribution in [3.05, 3.63) is 65.0 Å². The molecule has 2 aliphatic rings. The molecule has 1 saturated heterocycles. The van der Waals surface area contributed by atoms with Crippen LogP contribution in [0, 0.1) is 0 Å². The van der Waals surface area contributed by atoms with Gasteiger partial charge in [-0.3, -0.25) is 9.47 Å². The fraction of sp³-hybridized carbons (Fsp3) is 0.417. The van der Waals surface area contributed by atoms with Gasteiger partial charge in [-0.15, -0.1) is 0 Å². The van der Waals surface area contributed by atoms with E-state index >= 15 is 0 Å². The van der Waals surface area contributed by atoms with Gasteiger partial charge in [0.1, 0.15) is 12.4 Å². The number of likely N-dealkylation sites (tertiary alicyclic amines) is 1. The number of amides is 1. The van der Waals surface area contributed by atoms with Crippen LogP contribution >= 0.6 is 0 Å². The Labute approximate surface area is 186 Å². The van der Waals surface area contributed by atoms with E-state index in [1.54, 1.807) is 15.7 Å². The summed E-state index contributed by atoms with van der Waals surface area (Å²) in [5, 5.41) is 0. The summed E-state index contributed by atoms with van der Waals surface area (Å²) in [4.78, 5) is 32.0. The van der Waals surface area contributed by atoms with Crippen LogP contribution in [-0.4, -0.2) is 57.7 Å². The molecule has 32 heavy (non-hydrogen) atoms. The van der Waals surface area contributed by atoms with Crippen LogP contribution in [0.2, 0.25) is 0 Å². The maximum absolute atomic E-state index is 12.7. The lowest BCUT2D eigenvalue weighted by molar-refractivity contribution is 0.0450. The molecule has 1 aromatic carbocycles. The highest BCUT2D eigenvalue weighted by Gasteiger charge is 2.26. The van der Waals surface area contributed by atoms with Gasteiger partial charge in [-0.05, 0) is 49.7 Å². The number of para-hydroxylation sites is 2. The van der Waals surface area contributed by atoms with Crippen molar-refractivity contribution < 1.29 is 13.9 Å². The molecule has 1 unspecified atom stereocenters. The van der Waals surface area contributed by atoms with Crippen LogP contribution in [0.15, 0.2) is 57.9 Å². The maximum Gasteiger partial charge on any atom is 0.410 e. The Kier molecular flexibility index (Phi) is 5.85. The van der Waals surface area contributed by atoms with Crippen molar-refractivity contribution in [2.75, 3.05) is 26.2 Å². The first-order valence-electron chi connectivity index (χ1n) is 11.3. The van der Waals surface area contributed by atoms with Crippen molar-refractivity contribution in [3.63, 3.8) is 0 Å². The molecule has 0 bridgehead atoms. The summed E-state index contributed by atoms with van der Waals surface area (Å²) in [6, 6.07) is 11.7. The maximum atomic E-state index is 12.7. The molecule has 0 aliphatic carbocycles. The highest BCUT2D eigenvalue weighted by atomic mass is 16.6. The molecule has 3 aromatic rings. The lowest BCUT2D eigenvalue weighted by Gasteiger charge is -2.35. The molecule has 2 aromatic heterocycles. The fourth-order valence-electron chi connectivity index (χ4n) is 4.69. The molecule has 4 heterocycles. The smallest absolute Gasteiger partial charge is 0.410 e. The molecule has 0 spiro atoms. The number of nitrogens with zero attached hydrogens (tertiary/aromatic N) is 3. The predicted octanol–water partition coefficient (Wildman–Crippen LogP) is 3.66. The van der Waals surface area contributed by atoms with Gasteiger partial charge < -0.3 is 19.0 Å². The van der Waals surface area contributed by atoms with E-state index in [1.807, 2.05) is 42.5 Å². The van der Waals surface area contributed by atoms with Crippen molar-refractivity contribution in [3.8, 4) is 0 Å². The van der Waals surface area contributed by atoms with Gasteiger partial charge in [-0.1, -0.05) is 18.6 Å². The van der Waals surface area contributed by atoms with Gasteiger partial charge in [0.25, 0.3) is 0 Å². The van der Waals surface area contributed by atoms with Crippen LogP contribution in [0.5, 0.6) is 0 Å². The molecule has 8 heteroatoms. The molecule has 0 saturated carbocycles. The number of imidazole rings is 1. The van der Waals surface area contributed by atoms with Crippen LogP contribution in [0.4, 0.5) is 4.79 Å². The van der Waals surface area contributed by atoms with Crippen LogP contribution in [0.3, 0.4) is 0 Å². The second kappa shape index (κ2) is 9.08. The van der Waals surface area contributed by atoms with E-state index in [4.69, 9.17) is 9.15 Å². The summed E-state index contributed by atoms with van der Waals surface area (Å²) in [6.45, 7) is 3.06. The SMILES string of the molecule is O=C(OCC1CCCCN1Cc1ccco1)N1CC=C(n2c(=O)[nH]c3ccccc32)CC1. The number of benzene rings is 1. The highest BCUT2D eigenvalue weighted by molar-refractivity contribution is 5.79. The van der Waals surface area contributed by atoms with Gasteiger partial charge in [-0.25, -0.2) is 9.59 Å². The average molecular weight is 437 g/mol. The standard InChI is InChI=1S/C24H28N4O4/c29-23-25-21-8-1-2-9-22(21)28(23)18-10-13-26(14-11-18)24(30)32-17-19-6-3-4-12-27(19)16-20-7-5-15-31-20/h1-2,5,7-10,15,19H,3-4,6,11-14,16-17H2,(H,25,29). The third-order valence-electron chi connectivity index (χ3n) is 6.41. The number of rotatable bonds is 5. The third-order valence-corrected chi connectivity index (χ3v) is 6.41. The number of ether oxygens (including phenoxy) is 1. The van der Waals surface area contributed by atoms with Crippen LogP contribution in [0.1, 0.15) is 31.4 Å². The Morgan fingerprint density at radius 2 is 2.06 bits per heavy atom. The van der Waals surface area contributed by atoms with Gasteiger partial charge in [0.05, 0.1) is 23.8 Å². The van der Waals surface area contributed by atoms with E-state index in [9.17, 15) is 9.59 Å². The Hall–Kier alpha value is -3.26. The fourth-order valence-corrected chi connectivity index (χ4v) is 4.69. The Morgan fingerprint density at radius 1 is 1.16 bits per heavy atom. The first-order chi connectivity index (χ1) is 15.7. The number of hydrogen-bond donors (Lipinski definition) is 1. The van der Waals surface area contributed by atoms with Gasteiger partial charge in [0.2, 0.25) is 0 Å². The zero-order valence-corrected chi connectivity index (χ0v) is 18.0. The quantitative estimate of drug-likeness (QED) is 0.660. The van der Waals surface area contributed by atoms with E-state index in [2.05, 4.69) is 9.88 Å². The van der Waals surface area contributed by atoms with Crippen molar-refractivity contribution in [2.24, 2.45) is 0 Å². The van der Waals surface area contributed by atoms with Crippen molar-refractivity contribution in [1.82, 2.24) is 19.4 Å². The largest absolute Gasteiger partial charge is 0.468 e. The number of carbonyl (C=O) groups is 1. The number of furan rings is 1. The molecule has 5 rings (SSSR count). The second-order valence-corrected chi connectivity index (χ2v) is 8.45. The third kappa shape index (κ3) is 4.23. The average Bonchev–Trinajstić information content (AvgIpc) is 3.45. The van der Waals surface area contributed by atoms with E-state index in [0.717, 1.165) is 54.8 Å². The Balaban J connectivity index is 1.19. The molecule has 2 aliphatic heterocycles. The number of piperidine rings is 1. The molecule has 1 N–H and O–H groups in total. The number of nitrogens with one attached hydrogen (secondary N) is 1. The minimum atomic E-state index is -0.296. The van der Waals surface area contributed by atoms with Gasteiger partial charge in [-0.2, -0.15) is 0 Å². The van der Waals surface area contributed by atoms with Gasteiger partial charge >= 0.3 is 11.8 Å². The van der Waals surface area contributed by atoms with Crippen LogP contribution in [-0.2, 0) is 11.3 Å². The zero-order valence-electron chi connectivity index (χ0n) is 18.0. The van der Waals surface area contributed by atoms with Crippen molar-refractivity contribution in [2.45, 2.75) is 38.3 Å². The first-order valence-corrected chi connectivity index (χ1v) is 11.3. The minimum absolute atomic E-state index is 0.151. The first kappa shape index (κ1) is 20.6. The summed E-state index contributed by atoms with van der Waals surface area (Å²) in [5.74, 6) is 0.935. The van der Waals surface area contributed by atoms with E-state index < -0.39 is 0 Å². The summed E-state index contributed by atoms with van der Waals surface area (Å²) in [6.07, 6.45) is 7.25. The topological polar surface area (TPSA) is 83.7 Å².